The predicted molar refractivity (Wildman–Crippen MR) is 110 cm³/mol. The Morgan fingerprint density at radius 1 is 1.21 bits per heavy atom. The van der Waals surface area contributed by atoms with Crippen molar-refractivity contribution in [2.45, 2.75) is 17.9 Å². The Hall–Kier alpha value is -3.11. The second-order valence-electron chi connectivity index (χ2n) is 6.28. The van der Waals surface area contributed by atoms with Crippen LogP contribution in [0.5, 0.6) is 11.5 Å². The van der Waals surface area contributed by atoms with Crippen molar-refractivity contribution < 1.29 is 22.7 Å². The van der Waals surface area contributed by atoms with E-state index in [1.165, 1.54) is 29.5 Å². The van der Waals surface area contributed by atoms with Crippen LogP contribution in [-0.2, 0) is 14.8 Å². The van der Waals surface area contributed by atoms with Crippen LogP contribution in [0, 0.1) is 0 Å². The van der Waals surface area contributed by atoms with E-state index in [9.17, 15) is 13.2 Å². The van der Waals surface area contributed by atoms with Gasteiger partial charge in [-0.05, 0) is 49.4 Å². The van der Waals surface area contributed by atoms with Crippen LogP contribution in [-0.4, -0.2) is 32.5 Å². The van der Waals surface area contributed by atoms with E-state index in [0.29, 0.717) is 17.1 Å². The molecule has 150 valence electrons. The van der Waals surface area contributed by atoms with Gasteiger partial charge in [0.25, 0.3) is 15.9 Å². The fourth-order valence-electron chi connectivity index (χ4n) is 2.74. The number of nitrogens with zero attached hydrogens (tertiary/aromatic N) is 1. The lowest BCUT2D eigenvalue weighted by molar-refractivity contribution is -0.122. The van der Waals surface area contributed by atoms with E-state index in [1.54, 1.807) is 19.4 Å². The summed E-state index contributed by atoms with van der Waals surface area (Å²) in [6.07, 6.45) is -0.630. The second kappa shape index (κ2) is 7.37. The molecule has 2 N–H and O–H groups in total. The Morgan fingerprint density at radius 3 is 2.69 bits per heavy atom. The quantitative estimate of drug-likeness (QED) is 0.642. The highest BCUT2D eigenvalue weighted by atomic mass is 32.2. The Bertz CT molecular complexity index is 1170. The maximum absolute atomic E-state index is 12.7. The van der Waals surface area contributed by atoms with E-state index >= 15 is 0 Å². The highest BCUT2D eigenvalue weighted by Crippen LogP contribution is 2.33. The molecule has 0 aliphatic carbocycles. The second-order valence-corrected chi connectivity index (χ2v) is 8.82. The summed E-state index contributed by atoms with van der Waals surface area (Å²) in [7, 11) is -2.30. The average molecular weight is 431 g/mol. The molecule has 8 nitrogen and oxygen atoms in total. The van der Waals surface area contributed by atoms with Gasteiger partial charge in [0.15, 0.2) is 11.2 Å². The number of carbonyl (C=O) groups is 1. The minimum Gasteiger partial charge on any atom is -0.497 e. The molecule has 0 bridgehead atoms. The number of carbonyl (C=O) groups excluding carboxylic acids is 1. The number of methoxy groups -OCH3 is 1. The fourth-order valence-corrected chi connectivity index (χ4v) is 4.74. The van der Waals surface area contributed by atoms with Crippen LogP contribution in [0.2, 0.25) is 0 Å². The molecule has 4 rings (SSSR count). The number of anilines is 2. The topological polar surface area (TPSA) is 107 Å². The van der Waals surface area contributed by atoms with Gasteiger partial charge < -0.3 is 14.8 Å². The third-order valence-electron chi connectivity index (χ3n) is 4.30. The average Bonchev–Trinajstić information content (AvgIpc) is 3.16. The van der Waals surface area contributed by atoms with Gasteiger partial charge in [-0.2, -0.15) is 0 Å². The number of rotatable bonds is 5. The summed E-state index contributed by atoms with van der Waals surface area (Å²) in [6, 6.07) is 11.6. The lowest BCUT2D eigenvalue weighted by Crippen LogP contribution is -2.34. The number of aromatic nitrogens is 1. The van der Waals surface area contributed by atoms with Crippen molar-refractivity contribution in [3.05, 3.63) is 47.8 Å². The number of benzene rings is 2. The minimum absolute atomic E-state index is 0.00380. The van der Waals surface area contributed by atoms with Gasteiger partial charge in [0, 0.05) is 10.9 Å². The number of thiazole rings is 1. The number of hydrogen-bond acceptors (Lipinski definition) is 7. The van der Waals surface area contributed by atoms with Gasteiger partial charge in [0.05, 0.1) is 23.4 Å². The molecule has 2 aromatic carbocycles. The predicted octanol–water partition coefficient (Wildman–Crippen LogP) is 3.34. The largest absolute Gasteiger partial charge is 0.497 e. The Labute approximate surface area is 171 Å². The molecule has 0 fully saturated rings. The molecule has 1 atom stereocenters. The third-order valence-corrected chi connectivity index (χ3v) is 6.53. The van der Waals surface area contributed by atoms with Crippen molar-refractivity contribution in [3.8, 4) is 22.8 Å². The van der Waals surface area contributed by atoms with Crippen LogP contribution in [0.25, 0.3) is 11.3 Å². The first-order valence-corrected chi connectivity index (χ1v) is 11.0. The molecule has 3 aromatic rings. The summed E-state index contributed by atoms with van der Waals surface area (Å²) in [4.78, 5) is 16.1. The lowest BCUT2D eigenvalue weighted by Gasteiger charge is -2.23. The van der Waals surface area contributed by atoms with Gasteiger partial charge in [0.2, 0.25) is 0 Å². The molecule has 1 unspecified atom stereocenters. The van der Waals surface area contributed by atoms with E-state index in [4.69, 9.17) is 9.47 Å². The molecule has 0 spiro atoms. The summed E-state index contributed by atoms with van der Waals surface area (Å²) in [5, 5.41) is 4.65. The first kappa shape index (κ1) is 19.2. The van der Waals surface area contributed by atoms with E-state index in [0.717, 1.165) is 11.3 Å². The van der Waals surface area contributed by atoms with Crippen LogP contribution >= 0.6 is 11.3 Å². The molecule has 1 amide bonds. The smallest absolute Gasteiger partial charge is 0.265 e. The van der Waals surface area contributed by atoms with Crippen molar-refractivity contribution in [2.24, 2.45) is 0 Å². The summed E-state index contributed by atoms with van der Waals surface area (Å²) < 4.78 is 38.6. The van der Waals surface area contributed by atoms with Crippen LogP contribution in [0.1, 0.15) is 6.92 Å². The van der Waals surface area contributed by atoms with Gasteiger partial charge >= 0.3 is 0 Å². The molecule has 0 saturated heterocycles. The number of sulfonamides is 1. The van der Waals surface area contributed by atoms with Crippen LogP contribution in [0.3, 0.4) is 0 Å². The van der Waals surface area contributed by atoms with E-state index in [1.807, 2.05) is 24.3 Å². The first-order valence-electron chi connectivity index (χ1n) is 8.60. The molecular formula is C19H17N3O5S2. The van der Waals surface area contributed by atoms with Gasteiger partial charge in [-0.1, -0.05) is 0 Å². The molecule has 2 heterocycles. The summed E-state index contributed by atoms with van der Waals surface area (Å²) in [5.74, 6) is 0.818. The molecule has 10 heteroatoms. The third kappa shape index (κ3) is 3.89. The molecular weight excluding hydrogens is 414 g/mol. The Balaban J connectivity index is 1.56. The highest BCUT2D eigenvalue weighted by Gasteiger charge is 2.26. The molecule has 0 saturated carbocycles. The molecule has 0 radical (unpaired) electrons. The number of amides is 1. The fraction of sp³-hybridized carbons (Fsp3) is 0.158. The normalized spacial score (nSPS) is 15.8. The zero-order valence-electron chi connectivity index (χ0n) is 15.5. The van der Waals surface area contributed by atoms with Crippen LogP contribution in [0.4, 0.5) is 10.8 Å². The maximum Gasteiger partial charge on any atom is 0.265 e. The minimum atomic E-state index is -3.89. The van der Waals surface area contributed by atoms with Crippen molar-refractivity contribution >= 4 is 38.1 Å². The van der Waals surface area contributed by atoms with Crippen LogP contribution in [0.15, 0.2) is 52.7 Å². The van der Waals surface area contributed by atoms with Gasteiger partial charge in [0.1, 0.15) is 11.5 Å². The van der Waals surface area contributed by atoms with Crippen molar-refractivity contribution in [3.63, 3.8) is 0 Å². The summed E-state index contributed by atoms with van der Waals surface area (Å²) in [6.45, 7) is 1.62. The summed E-state index contributed by atoms with van der Waals surface area (Å²) >= 11 is 1.18. The Kier molecular flexibility index (Phi) is 4.89. The van der Waals surface area contributed by atoms with Gasteiger partial charge in [-0.15, -0.1) is 11.3 Å². The zero-order valence-corrected chi connectivity index (χ0v) is 17.1. The van der Waals surface area contributed by atoms with E-state index in [-0.39, 0.29) is 15.9 Å². The monoisotopic (exact) mass is 431 g/mol. The highest BCUT2D eigenvalue weighted by molar-refractivity contribution is 7.93. The summed E-state index contributed by atoms with van der Waals surface area (Å²) in [5.41, 5.74) is 1.81. The SMILES string of the molecule is COc1ccc(-c2csc(NS(=O)(=O)c3ccc4c(c3)NC(=O)C(C)O4)n2)cc1. The number of nitrogens with one attached hydrogen (secondary N) is 2. The number of hydrogen-bond donors (Lipinski definition) is 2. The Morgan fingerprint density at radius 2 is 1.97 bits per heavy atom. The van der Waals surface area contributed by atoms with Gasteiger partial charge in [-0.3, -0.25) is 9.52 Å². The van der Waals surface area contributed by atoms with E-state index < -0.39 is 16.1 Å². The zero-order chi connectivity index (χ0) is 20.6. The van der Waals surface area contributed by atoms with Crippen molar-refractivity contribution in [1.82, 2.24) is 4.98 Å². The maximum atomic E-state index is 12.7. The lowest BCUT2D eigenvalue weighted by atomic mass is 10.2. The number of fused-ring (bicyclic) bond motifs is 1. The van der Waals surface area contributed by atoms with E-state index in [2.05, 4.69) is 15.0 Å². The first-order chi connectivity index (χ1) is 13.9. The molecule has 1 aliphatic rings. The molecule has 1 aromatic heterocycles. The van der Waals surface area contributed by atoms with Crippen LogP contribution < -0.4 is 19.5 Å². The number of ether oxygens (including phenoxy) is 2. The van der Waals surface area contributed by atoms with Crippen molar-refractivity contribution in [2.75, 3.05) is 17.1 Å². The van der Waals surface area contributed by atoms with Gasteiger partial charge in [-0.25, -0.2) is 13.4 Å². The molecule has 1 aliphatic heterocycles. The molecule has 29 heavy (non-hydrogen) atoms. The van der Waals surface area contributed by atoms with Crippen molar-refractivity contribution in [1.29, 1.82) is 0 Å². The standard InChI is InChI=1S/C19H17N3O5S2/c1-11-18(23)20-15-9-14(7-8-17(15)27-11)29(24,25)22-19-21-16(10-28-19)12-3-5-13(26-2)6-4-12/h3-11H,1-2H3,(H,20,23)(H,21,22).